The molecule has 6 rings (SSSR count). The summed E-state index contributed by atoms with van der Waals surface area (Å²) in [7, 11) is -8.43. The van der Waals surface area contributed by atoms with Gasteiger partial charge in [0.15, 0.2) is 0 Å². The van der Waals surface area contributed by atoms with Crippen LogP contribution in [-0.4, -0.2) is 85.8 Å². The molecule has 13 nitrogen and oxygen atoms in total. The van der Waals surface area contributed by atoms with Crippen LogP contribution in [0.1, 0.15) is 44.7 Å². The van der Waals surface area contributed by atoms with Gasteiger partial charge in [0.2, 0.25) is 0 Å². The van der Waals surface area contributed by atoms with E-state index < -0.39 is 43.7 Å². The number of fused-ring (bicyclic) bond motifs is 6. The number of aromatic carboxylic acids is 2. The van der Waals surface area contributed by atoms with Crippen LogP contribution >= 0.6 is 0 Å². The summed E-state index contributed by atoms with van der Waals surface area (Å²) in [6, 6.07) is 11.1. The lowest BCUT2D eigenvalue weighted by Gasteiger charge is -2.31. The fourth-order valence-electron chi connectivity index (χ4n) is 6.60. The number of carboxylic acid groups (broad SMARTS) is 2. The Kier molecular flexibility index (Phi) is 8.13. The third-order valence-corrected chi connectivity index (χ3v) is 10.0. The summed E-state index contributed by atoms with van der Waals surface area (Å²) >= 11 is 0. The Morgan fingerprint density at radius 3 is 1.65 bits per heavy atom. The zero-order chi connectivity index (χ0) is 33.0. The quantitative estimate of drug-likeness (QED) is 0.112. The zero-order valence-electron chi connectivity index (χ0n) is 24.5. The molecule has 46 heavy (non-hydrogen) atoms. The van der Waals surface area contributed by atoms with Gasteiger partial charge in [0.1, 0.15) is 0 Å². The number of rotatable bonds is 9. The Morgan fingerprint density at radius 2 is 1.22 bits per heavy atom. The van der Waals surface area contributed by atoms with Gasteiger partial charge in [0.05, 0.1) is 44.5 Å². The van der Waals surface area contributed by atoms with Crippen LogP contribution in [0.2, 0.25) is 0 Å². The fraction of sp³-hybridized carbons (Fsp3) is 0.323. The van der Waals surface area contributed by atoms with Crippen molar-refractivity contribution in [2.45, 2.75) is 25.7 Å². The molecule has 0 saturated heterocycles. The monoisotopic (exact) mass is 671 g/mol. The van der Waals surface area contributed by atoms with Gasteiger partial charge in [0, 0.05) is 43.1 Å². The molecule has 0 fully saturated rings. The molecule has 0 radical (unpaired) electrons. The first-order valence-corrected chi connectivity index (χ1v) is 17.8. The summed E-state index contributed by atoms with van der Waals surface area (Å²) in [6.07, 6.45) is 2.46. The molecule has 0 amide bonds. The van der Waals surface area contributed by atoms with E-state index in [0.717, 1.165) is 28.6 Å². The third kappa shape index (κ3) is 6.10. The van der Waals surface area contributed by atoms with Gasteiger partial charge in [0.25, 0.3) is 20.2 Å². The minimum absolute atomic E-state index is 0.0513. The minimum Gasteiger partial charge on any atom is -0.478 e. The van der Waals surface area contributed by atoms with E-state index in [1.165, 1.54) is 12.1 Å². The molecule has 0 bridgehead atoms. The predicted molar refractivity (Wildman–Crippen MR) is 171 cm³/mol. The van der Waals surface area contributed by atoms with Crippen LogP contribution in [0, 0.1) is 0 Å². The molecule has 4 aromatic rings. The van der Waals surface area contributed by atoms with Crippen LogP contribution in [0.5, 0.6) is 0 Å². The summed E-state index contributed by atoms with van der Waals surface area (Å²) < 4.78 is 71.6. The summed E-state index contributed by atoms with van der Waals surface area (Å²) in [5.74, 6) is -3.51. The maximum absolute atomic E-state index is 12.5. The molecule has 0 unspecified atom stereocenters. The smallest absolute Gasteiger partial charge is 0.366 e. The van der Waals surface area contributed by atoms with E-state index in [-0.39, 0.29) is 29.8 Å². The number of carboxylic acids is 2. The molecule has 242 valence electrons. The second-order valence-corrected chi connectivity index (χ2v) is 14.6. The number of anilines is 2. The molecule has 4 N–H and O–H groups in total. The van der Waals surface area contributed by atoms with Crippen molar-refractivity contribution in [2.24, 2.45) is 0 Å². The maximum atomic E-state index is 12.5. The highest BCUT2D eigenvalue weighted by atomic mass is 32.2. The Labute approximate surface area is 264 Å². The Hall–Kier alpha value is -4.31. The van der Waals surface area contributed by atoms with Crippen molar-refractivity contribution < 1.29 is 50.2 Å². The van der Waals surface area contributed by atoms with Crippen molar-refractivity contribution in [3.63, 3.8) is 0 Å². The lowest BCUT2D eigenvalue weighted by atomic mass is 9.88. The van der Waals surface area contributed by atoms with E-state index in [0.29, 0.717) is 66.3 Å². The average Bonchev–Trinajstić information content (AvgIpc) is 3.00. The molecule has 2 aliphatic rings. The number of carbonyl (C=O) groups is 2. The number of nitrogens with zero attached hydrogens (tertiary/aromatic N) is 2. The van der Waals surface area contributed by atoms with Gasteiger partial charge < -0.3 is 20.0 Å². The summed E-state index contributed by atoms with van der Waals surface area (Å²) in [6.45, 7) is 1.20. The van der Waals surface area contributed by atoms with Crippen LogP contribution in [-0.2, 0) is 33.1 Å². The molecule has 0 spiro atoms. The number of aryl methyl sites for hydroxylation is 2. The average molecular weight is 672 g/mol. The molecule has 3 aromatic carbocycles. The van der Waals surface area contributed by atoms with Gasteiger partial charge in [-0.15, -0.1) is 0 Å². The summed E-state index contributed by atoms with van der Waals surface area (Å²) in [5, 5.41) is 20.9. The maximum Gasteiger partial charge on any atom is 0.366 e. The molecule has 1 aromatic heterocycles. The lowest BCUT2D eigenvalue weighted by Crippen LogP contribution is -2.34. The Balaban J connectivity index is 1.65. The molecule has 0 atom stereocenters. The molecule has 15 heteroatoms. The largest absolute Gasteiger partial charge is 0.478 e. The van der Waals surface area contributed by atoms with Crippen molar-refractivity contribution in [3.05, 3.63) is 64.7 Å². The van der Waals surface area contributed by atoms with Crippen LogP contribution in [0.3, 0.4) is 0 Å². The highest BCUT2D eigenvalue weighted by molar-refractivity contribution is 7.86. The van der Waals surface area contributed by atoms with Crippen LogP contribution in [0.15, 0.2) is 46.9 Å². The van der Waals surface area contributed by atoms with Crippen molar-refractivity contribution >= 4 is 65.5 Å². The van der Waals surface area contributed by atoms with E-state index >= 15 is 0 Å². The van der Waals surface area contributed by atoms with Gasteiger partial charge in [-0.05, 0) is 67.6 Å². The van der Waals surface area contributed by atoms with Gasteiger partial charge >= 0.3 is 23.1 Å². The molecule has 3 heterocycles. The minimum atomic E-state index is -4.21. The van der Waals surface area contributed by atoms with E-state index in [4.69, 9.17) is 4.42 Å². The van der Waals surface area contributed by atoms with Gasteiger partial charge in [-0.2, -0.15) is 16.8 Å². The van der Waals surface area contributed by atoms with Gasteiger partial charge in [-0.1, -0.05) is 6.07 Å². The molecule has 2 aliphatic heterocycles. The van der Waals surface area contributed by atoms with E-state index in [2.05, 4.69) is 0 Å². The fourth-order valence-corrected chi connectivity index (χ4v) is 7.50. The van der Waals surface area contributed by atoms with Crippen molar-refractivity contribution in [2.75, 3.05) is 47.5 Å². The number of hydrogen-bond acceptors (Lipinski definition) is 8. The van der Waals surface area contributed by atoms with Crippen molar-refractivity contribution in [1.82, 2.24) is 0 Å². The summed E-state index contributed by atoms with van der Waals surface area (Å²) in [4.78, 5) is 28.0. The van der Waals surface area contributed by atoms with Crippen LogP contribution in [0.4, 0.5) is 11.4 Å². The molecular weight excluding hydrogens is 640 g/mol. The molecule has 0 aliphatic carbocycles. The first-order chi connectivity index (χ1) is 21.7. The Bertz CT molecular complexity index is 2040. The highest BCUT2D eigenvalue weighted by Crippen LogP contribution is 2.46. The predicted octanol–water partition coefficient (Wildman–Crippen LogP) is 4.21. The number of benzene rings is 3. The Morgan fingerprint density at radius 1 is 0.717 bits per heavy atom. The molecule has 0 saturated carbocycles. The highest BCUT2D eigenvalue weighted by Gasteiger charge is 2.34. The second-order valence-electron chi connectivity index (χ2n) is 11.5. The lowest BCUT2D eigenvalue weighted by molar-refractivity contribution is 0.0696. The van der Waals surface area contributed by atoms with Gasteiger partial charge in [-0.25, -0.2) is 14.0 Å². The van der Waals surface area contributed by atoms with Crippen LogP contribution < -0.4 is 9.80 Å². The second kappa shape index (κ2) is 11.8. The first-order valence-electron chi connectivity index (χ1n) is 14.6. The van der Waals surface area contributed by atoms with Gasteiger partial charge in [-0.3, -0.25) is 9.11 Å². The standard InChI is InChI=1S/C31H30N2O11S2/c34-30(35)18-5-6-19(24(17-18)31(36)37)27-22-7-9-25-20(3-1-11-32(25)13-15-45(38,39)40)28(22)44-29-21-4-2-12-33(14-16-46(41,42)43)26(21)10-8-23(27)29/h5-10,17H,1-4,11-16H2,(H3-,34,35,36,37,38,39,40,41,42,43)/p+1. The van der Waals surface area contributed by atoms with Crippen molar-refractivity contribution in [3.8, 4) is 11.1 Å². The van der Waals surface area contributed by atoms with E-state index in [1.807, 2.05) is 21.9 Å². The van der Waals surface area contributed by atoms with Crippen LogP contribution in [0.25, 0.3) is 33.1 Å². The number of hydrogen-bond donors (Lipinski definition) is 4. The third-order valence-electron chi connectivity index (χ3n) is 8.61. The normalized spacial score (nSPS) is 15.2. The molecular formula is C31H31N2O11S2+. The summed E-state index contributed by atoms with van der Waals surface area (Å²) in [5.41, 5.74) is 4.30. The zero-order valence-corrected chi connectivity index (χ0v) is 26.1. The van der Waals surface area contributed by atoms with E-state index in [9.17, 15) is 45.7 Å². The van der Waals surface area contributed by atoms with Crippen molar-refractivity contribution in [1.29, 1.82) is 0 Å². The topological polar surface area (TPSA) is 201 Å². The SMILES string of the molecule is O=C(O)c1ccc(-c2c3ccc4c(c3[o+]c3c5c(ccc23)N(CCS(=O)(=O)O)CCC5)CCCN4CCS(=O)(=O)O)c(C(=O)O)c1. The van der Waals surface area contributed by atoms with E-state index in [1.54, 1.807) is 12.1 Å². The first kappa shape index (κ1) is 31.7.